The summed E-state index contributed by atoms with van der Waals surface area (Å²) >= 11 is 0. The van der Waals surface area contributed by atoms with E-state index in [-0.39, 0.29) is 23.8 Å². The first-order valence-electron chi connectivity index (χ1n) is 10.1. The number of methoxy groups -OCH3 is 2. The first-order valence-corrected chi connectivity index (χ1v) is 10.1. The molecule has 1 amide bonds. The van der Waals surface area contributed by atoms with Crippen LogP contribution >= 0.6 is 0 Å². The molecule has 0 aliphatic heterocycles. The zero-order chi connectivity index (χ0) is 22.7. The van der Waals surface area contributed by atoms with Crippen molar-refractivity contribution in [2.45, 2.75) is 12.0 Å². The van der Waals surface area contributed by atoms with Gasteiger partial charge in [0, 0.05) is 11.5 Å². The lowest BCUT2D eigenvalue weighted by molar-refractivity contribution is -0.139. The summed E-state index contributed by atoms with van der Waals surface area (Å²) in [7, 11) is 2.87. The summed E-state index contributed by atoms with van der Waals surface area (Å²) in [5, 5.41) is 12.2. The minimum atomic E-state index is -1.37. The smallest absolute Gasteiger partial charge is 0.408 e. The number of amides is 1. The number of para-hydroxylation sites is 1. The Labute approximate surface area is 185 Å². The molecule has 4 rings (SSSR count). The van der Waals surface area contributed by atoms with Gasteiger partial charge in [-0.2, -0.15) is 0 Å². The fourth-order valence-corrected chi connectivity index (χ4v) is 4.17. The number of carbonyl (C=O) groups excluding carboxylic acids is 1. The quantitative estimate of drug-likeness (QED) is 0.575. The summed E-state index contributed by atoms with van der Waals surface area (Å²) in [6.07, 6.45) is -0.830. The predicted molar refractivity (Wildman–Crippen MR) is 118 cm³/mol. The number of carboxylic acids is 1. The third kappa shape index (κ3) is 3.85. The molecule has 7 heteroatoms. The molecule has 0 heterocycles. The van der Waals surface area contributed by atoms with Gasteiger partial charge in [0.15, 0.2) is 17.5 Å². The molecule has 0 aromatic heterocycles. The minimum absolute atomic E-state index is 0.0848. The van der Waals surface area contributed by atoms with Crippen LogP contribution in [-0.4, -0.2) is 38.0 Å². The number of carbonyl (C=O) groups is 2. The molecule has 0 saturated carbocycles. The van der Waals surface area contributed by atoms with Crippen LogP contribution in [0.15, 0.2) is 66.7 Å². The van der Waals surface area contributed by atoms with Crippen molar-refractivity contribution in [3.8, 4) is 22.6 Å². The zero-order valence-corrected chi connectivity index (χ0v) is 17.7. The summed E-state index contributed by atoms with van der Waals surface area (Å²) in [5.74, 6) is -0.764. The van der Waals surface area contributed by atoms with Crippen molar-refractivity contribution in [2.24, 2.45) is 0 Å². The van der Waals surface area contributed by atoms with E-state index in [1.807, 2.05) is 48.5 Å². The van der Waals surface area contributed by atoms with Gasteiger partial charge in [-0.15, -0.1) is 0 Å². The molecule has 0 spiro atoms. The van der Waals surface area contributed by atoms with Crippen molar-refractivity contribution in [2.75, 3.05) is 20.8 Å². The summed E-state index contributed by atoms with van der Waals surface area (Å²) in [5.41, 5.74) is 4.63. The molecular formula is C25H23NO6. The molecule has 3 aromatic carbocycles. The largest absolute Gasteiger partial charge is 0.493 e. The number of aliphatic carboxylic acids is 1. The van der Waals surface area contributed by atoms with Crippen LogP contribution in [0.4, 0.5) is 4.79 Å². The third-order valence-corrected chi connectivity index (χ3v) is 5.60. The molecule has 1 atom stereocenters. The van der Waals surface area contributed by atoms with Crippen LogP contribution in [0.1, 0.15) is 28.7 Å². The van der Waals surface area contributed by atoms with Gasteiger partial charge >= 0.3 is 12.1 Å². The van der Waals surface area contributed by atoms with E-state index in [0.29, 0.717) is 5.75 Å². The maximum Gasteiger partial charge on any atom is 0.408 e. The monoisotopic (exact) mass is 433 g/mol. The van der Waals surface area contributed by atoms with E-state index in [2.05, 4.69) is 5.32 Å². The lowest BCUT2D eigenvalue weighted by Gasteiger charge is -2.20. The standard InChI is InChI=1S/C25H23NO6/c1-30-21-13-7-12-19(23(21)31-2)22(24(27)28)26-25(29)32-14-20-17-10-5-3-8-15(17)16-9-4-6-11-18(16)20/h3-13,20,22H,14H2,1-2H3,(H,26,29)(H,27,28)/t22-/m0/s1. The van der Waals surface area contributed by atoms with Crippen LogP contribution in [0.25, 0.3) is 11.1 Å². The lowest BCUT2D eigenvalue weighted by Crippen LogP contribution is -2.35. The molecule has 0 unspecified atom stereocenters. The van der Waals surface area contributed by atoms with Gasteiger partial charge in [0.2, 0.25) is 0 Å². The van der Waals surface area contributed by atoms with E-state index in [1.165, 1.54) is 14.2 Å². The highest BCUT2D eigenvalue weighted by Gasteiger charge is 2.31. The lowest BCUT2D eigenvalue weighted by atomic mass is 9.98. The average molecular weight is 433 g/mol. The Hall–Kier alpha value is -4.00. The van der Waals surface area contributed by atoms with Gasteiger partial charge < -0.3 is 24.6 Å². The van der Waals surface area contributed by atoms with E-state index < -0.39 is 18.1 Å². The van der Waals surface area contributed by atoms with E-state index in [4.69, 9.17) is 14.2 Å². The molecule has 164 valence electrons. The second-order valence-electron chi connectivity index (χ2n) is 7.32. The number of alkyl carbamates (subject to hydrolysis) is 1. The summed E-state index contributed by atoms with van der Waals surface area (Å²) in [6.45, 7) is 0.0848. The van der Waals surface area contributed by atoms with E-state index >= 15 is 0 Å². The first kappa shape index (κ1) is 21.2. The topological polar surface area (TPSA) is 94.1 Å². The molecule has 7 nitrogen and oxygen atoms in total. The molecule has 0 fully saturated rings. The Morgan fingerprint density at radius 3 is 2.09 bits per heavy atom. The molecule has 3 aromatic rings. The minimum Gasteiger partial charge on any atom is -0.493 e. The third-order valence-electron chi connectivity index (χ3n) is 5.60. The number of fused-ring (bicyclic) bond motifs is 3. The van der Waals surface area contributed by atoms with Crippen molar-refractivity contribution in [1.82, 2.24) is 5.32 Å². The van der Waals surface area contributed by atoms with E-state index in [9.17, 15) is 14.7 Å². The Morgan fingerprint density at radius 2 is 1.53 bits per heavy atom. The molecule has 0 radical (unpaired) electrons. The van der Waals surface area contributed by atoms with Crippen LogP contribution in [0, 0.1) is 0 Å². The van der Waals surface area contributed by atoms with Gasteiger partial charge in [-0.3, -0.25) is 0 Å². The van der Waals surface area contributed by atoms with Gasteiger partial charge in [0.05, 0.1) is 14.2 Å². The fraction of sp³-hybridized carbons (Fsp3) is 0.200. The van der Waals surface area contributed by atoms with Crippen molar-refractivity contribution in [3.05, 3.63) is 83.4 Å². The predicted octanol–water partition coefficient (Wildman–Crippen LogP) is 4.37. The number of benzene rings is 3. The molecule has 1 aliphatic rings. The van der Waals surface area contributed by atoms with Gasteiger partial charge in [-0.25, -0.2) is 9.59 Å². The van der Waals surface area contributed by atoms with Crippen molar-refractivity contribution in [1.29, 1.82) is 0 Å². The maximum absolute atomic E-state index is 12.6. The number of nitrogens with one attached hydrogen (secondary N) is 1. The molecule has 2 N–H and O–H groups in total. The van der Waals surface area contributed by atoms with Crippen molar-refractivity contribution >= 4 is 12.1 Å². The molecule has 0 bridgehead atoms. The first-order chi connectivity index (χ1) is 15.5. The number of hydrogen-bond acceptors (Lipinski definition) is 5. The maximum atomic E-state index is 12.6. The number of ether oxygens (including phenoxy) is 3. The Kier molecular flexibility index (Phi) is 5.98. The van der Waals surface area contributed by atoms with Gasteiger partial charge in [-0.05, 0) is 28.3 Å². The molecule has 32 heavy (non-hydrogen) atoms. The highest BCUT2D eigenvalue weighted by Crippen LogP contribution is 2.44. The fourth-order valence-electron chi connectivity index (χ4n) is 4.17. The summed E-state index contributed by atoms with van der Waals surface area (Å²) < 4.78 is 16.0. The molecule has 1 aliphatic carbocycles. The van der Waals surface area contributed by atoms with Gasteiger partial charge in [-0.1, -0.05) is 60.7 Å². The van der Waals surface area contributed by atoms with Crippen LogP contribution in [0.5, 0.6) is 11.5 Å². The Balaban J connectivity index is 1.52. The second kappa shape index (κ2) is 9.01. The van der Waals surface area contributed by atoms with Crippen LogP contribution in [0.3, 0.4) is 0 Å². The summed E-state index contributed by atoms with van der Waals surface area (Å²) in [6, 6.07) is 19.5. The van der Waals surface area contributed by atoms with Crippen molar-refractivity contribution < 1.29 is 28.9 Å². The van der Waals surface area contributed by atoms with Crippen LogP contribution in [-0.2, 0) is 9.53 Å². The van der Waals surface area contributed by atoms with E-state index in [0.717, 1.165) is 22.3 Å². The number of rotatable bonds is 7. The Bertz CT molecular complexity index is 1110. The Morgan fingerprint density at radius 1 is 0.906 bits per heavy atom. The SMILES string of the molecule is COc1cccc([C@H](NC(=O)OCC2c3ccccc3-c3ccccc32)C(=O)O)c1OC. The number of carboxylic acid groups (broad SMARTS) is 1. The highest BCUT2D eigenvalue weighted by molar-refractivity contribution is 5.83. The van der Waals surface area contributed by atoms with Gasteiger partial charge in [0.25, 0.3) is 0 Å². The second-order valence-corrected chi connectivity index (χ2v) is 7.32. The van der Waals surface area contributed by atoms with E-state index in [1.54, 1.807) is 18.2 Å². The highest BCUT2D eigenvalue weighted by atomic mass is 16.5. The van der Waals surface area contributed by atoms with Crippen molar-refractivity contribution in [3.63, 3.8) is 0 Å². The normalized spacial score (nSPS) is 12.9. The average Bonchev–Trinajstić information content (AvgIpc) is 3.14. The van der Waals surface area contributed by atoms with Gasteiger partial charge in [0.1, 0.15) is 6.61 Å². The zero-order valence-electron chi connectivity index (χ0n) is 17.7. The molecular weight excluding hydrogens is 410 g/mol. The molecule has 0 saturated heterocycles. The summed E-state index contributed by atoms with van der Waals surface area (Å²) in [4.78, 5) is 24.5. The number of hydrogen-bond donors (Lipinski definition) is 2. The van der Waals surface area contributed by atoms with Crippen LogP contribution < -0.4 is 14.8 Å². The van der Waals surface area contributed by atoms with Crippen LogP contribution in [0.2, 0.25) is 0 Å².